The number of aryl methyl sites for hydroxylation is 1. The molecular formula is C20H23FN2O2. The minimum atomic E-state index is -0.376. The van der Waals surface area contributed by atoms with E-state index in [1.807, 2.05) is 18.2 Å². The summed E-state index contributed by atoms with van der Waals surface area (Å²) < 4.78 is 13.3. The zero-order chi connectivity index (χ0) is 17.8. The first-order valence-corrected chi connectivity index (χ1v) is 8.53. The Morgan fingerprint density at radius 1 is 1.28 bits per heavy atom. The quantitative estimate of drug-likeness (QED) is 0.878. The van der Waals surface area contributed by atoms with Gasteiger partial charge in [-0.1, -0.05) is 30.3 Å². The number of carbonyl (C=O) groups is 1. The molecule has 2 N–H and O–H groups in total. The molecule has 1 heterocycles. The van der Waals surface area contributed by atoms with Crippen molar-refractivity contribution >= 4 is 5.91 Å². The average Bonchev–Trinajstić information content (AvgIpc) is 2.95. The van der Waals surface area contributed by atoms with Crippen LogP contribution in [0, 0.1) is 12.7 Å². The lowest BCUT2D eigenvalue weighted by atomic mass is 10.1. The van der Waals surface area contributed by atoms with Gasteiger partial charge in [0.25, 0.3) is 5.91 Å². The van der Waals surface area contributed by atoms with Gasteiger partial charge in [0.15, 0.2) is 0 Å². The zero-order valence-corrected chi connectivity index (χ0v) is 14.3. The molecule has 1 amide bonds. The van der Waals surface area contributed by atoms with Gasteiger partial charge in [0, 0.05) is 31.2 Å². The van der Waals surface area contributed by atoms with Gasteiger partial charge in [0.05, 0.1) is 6.10 Å². The largest absolute Gasteiger partial charge is 0.392 e. The molecule has 0 radical (unpaired) electrons. The van der Waals surface area contributed by atoms with Crippen molar-refractivity contribution in [2.75, 3.05) is 13.1 Å². The fraction of sp³-hybridized carbons (Fsp3) is 0.350. The van der Waals surface area contributed by atoms with Crippen LogP contribution in [0.1, 0.15) is 27.9 Å². The molecule has 2 aromatic rings. The fourth-order valence-corrected chi connectivity index (χ4v) is 3.28. The number of carbonyl (C=O) groups excluding carboxylic acids is 1. The molecule has 0 spiro atoms. The molecule has 0 saturated carbocycles. The first kappa shape index (κ1) is 17.6. The number of nitrogens with one attached hydrogen (secondary N) is 1. The molecule has 1 aliphatic rings. The average molecular weight is 342 g/mol. The highest BCUT2D eigenvalue weighted by molar-refractivity contribution is 5.94. The molecule has 0 aliphatic carbocycles. The van der Waals surface area contributed by atoms with Crippen molar-refractivity contribution in [2.45, 2.75) is 32.0 Å². The van der Waals surface area contributed by atoms with Gasteiger partial charge in [-0.05, 0) is 42.7 Å². The van der Waals surface area contributed by atoms with Gasteiger partial charge >= 0.3 is 0 Å². The Morgan fingerprint density at radius 3 is 2.76 bits per heavy atom. The van der Waals surface area contributed by atoms with Crippen LogP contribution >= 0.6 is 0 Å². The van der Waals surface area contributed by atoms with Crippen LogP contribution in [0.4, 0.5) is 4.39 Å². The van der Waals surface area contributed by atoms with Gasteiger partial charge < -0.3 is 10.4 Å². The number of amides is 1. The molecule has 0 aromatic heterocycles. The number of nitrogens with zero attached hydrogens (tertiary/aromatic N) is 1. The molecule has 1 fully saturated rings. The number of hydrogen-bond acceptors (Lipinski definition) is 3. The number of halogens is 1. The third-order valence-corrected chi connectivity index (χ3v) is 4.65. The van der Waals surface area contributed by atoms with Crippen molar-refractivity contribution in [1.82, 2.24) is 10.2 Å². The number of aliphatic hydroxyl groups is 1. The molecule has 0 bridgehead atoms. The molecule has 4 nitrogen and oxygen atoms in total. The summed E-state index contributed by atoms with van der Waals surface area (Å²) in [6.45, 7) is 3.44. The van der Waals surface area contributed by atoms with Crippen molar-refractivity contribution in [1.29, 1.82) is 0 Å². The Balaban J connectivity index is 1.60. The summed E-state index contributed by atoms with van der Waals surface area (Å²) in [4.78, 5) is 14.5. The summed E-state index contributed by atoms with van der Waals surface area (Å²) in [6, 6.07) is 14.5. The smallest absolute Gasteiger partial charge is 0.251 e. The standard InChI is InChI=1S/C20H23FN2O2/c1-14-9-16(7-8-19(14)21)20(25)22-11-17-10-18(24)13-23(17)12-15-5-3-2-4-6-15/h2-9,17-18,24H,10-13H2,1H3,(H,22,25). The van der Waals surface area contributed by atoms with E-state index < -0.39 is 0 Å². The van der Waals surface area contributed by atoms with E-state index in [0.717, 1.165) is 6.54 Å². The van der Waals surface area contributed by atoms with Crippen LogP contribution in [0.3, 0.4) is 0 Å². The van der Waals surface area contributed by atoms with Crippen molar-refractivity contribution in [3.63, 3.8) is 0 Å². The van der Waals surface area contributed by atoms with E-state index in [1.54, 1.807) is 13.0 Å². The Labute approximate surface area is 147 Å². The number of benzene rings is 2. The Morgan fingerprint density at radius 2 is 2.04 bits per heavy atom. The number of likely N-dealkylation sites (tertiary alicyclic amines) is 1. The topological polar surface area (TPSA) is 52.6 Å². The zero-order valence-electron chi connectivity index (χ0n) is 14.3. The molecule has 2 atom stereocenters. The Kier molecular flexibility index (Phi) is 5.46. The summed E-state index contributed by atoms with van der Waals surface area (Å²) in [5.41, 5.74) is 2.09. The lowest BCUT2D eigenvalue weighted by Crippen LogP contribution is -2.39. The van der Waals surface area contributed by atoms with E-state index in [4.69, 9.17) is 0 Å². The minimum absolute atomic E-state index is 0.0840. The van der Waals surface area contributed by atoms with Gasteiger partial charge in [-0.2, -0.15) is 0 Å². The summed E-state index contributed by atoms with van der Waals surface area (Å²) >= 11 is 0. The van der Waals surface area contributed by atoms with Crippen LogP contribution in [0.5, 0.6) is 0 Å². The summed E-state index contributed by atoms with van der Waals surface area (Å²) in [6.07, 6.45) is 0.258. The second-order valence-corrected chi connectivity index (χ2v) is 6.63. The van der Waals surface area contributed by atoms with Crippen LogP contribution in [-0.4, -0.2) is 41.1 Å². The Bertz CT molecular complexity index is 736. The summed E-state index contributed by atoms with van der Waals surface area (Å²) in [5.74, 6) is -0.534. The maximum atomic E-state index is 13.3. The predicted molar refractivity (Wildman–Crippen MR) is 94.7 cm³/mol. The molecule has 3 rings (SSSR count). The van der Waals surface area contributed by atoms with E-state index >= 15 is 0 Å². The van der Waals surface area contributed by atoms with Crippen LogP contribution in [0.15, 0.2) is 48.5 Å². The third kappa shape index (κ3) is 4.44. The highest BCUT2D eigenvalue weighted by atomic mass is 19.1. The number of aliphatic hydroxyl groups excluding tert-OH is 1. The summed E-state index contributed by atoms with van der Waals surface area (Å²) in [7, 11) is 0. The third-order valence-electron chi connectivity index (χ3n) is 4.65. The van der Waals surface area contributed by atoms with Gasteiger partial charge in [-0.3, -0.25) is 9.69 Å². The maximum Gasteiger partial charge on any atom is 0.251 e. The normalized spacial score (nSPS) is 20.6. The van der Waals surface area contributed by atoms with E-state index in [9.17, 15) is 14.3 Å². The van der Waals surface area contributed by atoms with E-state index in [1.165, 1.54) is 17.7 Å². The monoisotopic (exact) mass is 342 g/mol. The molecule has 132 valence electrons. The highest BCUT2D eigenvalue weighted by Gasteiger charge is 2.31. The maximum absolute atomic E-state index is 13.3. The first-order chi connectivity index (χ1) is 12.0. The number of hydrogen-bond donors (Lipinski definition) is 2. The van der Waals surface area contributed by atoms with Crippen molar-refractivity contribution in [3.8, 4) is 0 Å². The molecule has 25 heavy (non-hydrogen) atoms. The Hall–Kier alpha value is -2.24. The molecule has 1 aliphatic heterocycles. The SMILES string of the molecule is Cc1cc(C(=O)NCC2CC(O)CN2Cc2ccccc2)ccc1F. The van der Waals surface area contributed by atoms with Crippen molar-refractivity contribution in [2.24, 2.45) is 0 Å². The minimum Gasteiger partial charge on any atom is -0.392 e. The lowest BCUT2D eigenvalue weighted by Gasteiger charge is -2.24. The molecule has 1 saturated heterocycles. The molecule has 2 unspecified atom stereocenters. The van der Waals surface area contributed by atoms with E-state index in [-0.39, 0.29) is 23.9 Å². The number of rotatable bonds is 5. The second-order valence-electron chi connectivity index (χ2n) is 6.63. The van der Waals surface area contributed by atoms with E-state index in [2.05, 4.69) is 22.3 Å². The summed E-state index contributed by atoms with van der Waals surface area (Å²) in [5, 5.41) is 12.9. The lowest BCUT2D eigenvalue weighted by molar-refractivity contribution is 0.0939. The van der Waals surface area contributed by atoms with Gasteiger partial charge in [-0.15, -0.1) is 0 Å². The van der Waals surface area contributed by atoms with Gasteiger partial charge in [-0.25, -0.2) is 4.39 Å². The van der Waals surface area contributed by atoms with E-state index in [0.29, 0.717) is 30.6 Å². The van der Waals surface area contributed by atoms with Gasteiger partial charge in [0.2, 0.25) is 0 Å². The number of β-amino-alcohol motifs (C(OH)–C–C–N with tert-alkyl or cyclic N) is 1. The highest BCUT2D eigenvalue weighted by Crippen LogP contribution is 2.20. The van der Waals surface area contributed by atoms with Crippen LogP contribution in [-0.2, 0) is 6.54 Å². The molecule has 2 aromatic carbocycles. The van der Waals surface area contributed by atoms with Crippen molar-refractivity contribution in [3.05, 3.63) is 71.0 Å². The van der Waals surface area contributed by atoms with Crippen LogP contribution < -0.4 is 5.32 Å². The fourth-order valence-electron chi connectivity index (χ4n) is 3.28. The second kappa shape index (κ2) is 7.76. The van der Waals surface area contributed by atoms with Crippen molar-refractivity contribution < 1.29 is 14.3 Å². The van der Waals surface area contributed by atoms with Gasteiger partial charge in [0.1, 0.15) is 5.82 Å². The first-order valence-electron chi connectivity index (χ1n) is 8.53. The molecule has 5 heteroatoms. The molecular weight excluding hydrogens is 319 g/mol. The van der Waals surface area contributed by atoms with Crippen LogP contribution in [0.25, 0.3) is 0 Å². The predicted octanol–water partition coefficient (Wildman–Crippen LogP) is 2.50. The van der Waals surface area contributed by atoms with Crippen LogP contribution in [0.2, 0.25) is 0 Å².